The molecule has 1 aliphatic rings. The number of nitrogens with one attached hydrogen (secondary N) is 2. The molecule has 1 atom stereocenters. The molecule has 7 heteroatoms. The Morgan fingerprint density at radius 1 is 1.33 bits per heavy atom. The maximum absolute atomic E-state index is 12.1. The third-order valence-corrected chi connectivity index (χ3v) is 5.14. The molecule has 0 aromatic heterocycles. The summed E-state index contributed by atoms with van der Waals surface area (Å²) in [6, 6.07) is 7.98. The summed E-state index contributed by atoms with van der Waals surface area (Å²) in [5.74, 6) is 0.0295. The second-order valence-electron chi connectivity index (χ2n) is 4.95. The highest BCUT2D eigenvalue weighted by atomic mass is 32.2. The zero-order valence-corrected chi connectivity index (χ0v) is 12.3. The van der Waals surface area contributed by atoms with E-state index in [9.17, 15) is 13.2 Å². The number of nitrogens with zero attached hydrogens (tertiary/aromatic N) is 1. The summed E-state index contributed by atoms with van der Waals surface area (Å²) >= 11 is 0. The Balaban J connectivity index is 1.86. The van der Waals surface area contributed by atoms with Crippen molar-refractivity contribution < 1.29 is 13.2 Å². The lowest BCUT2D eigenvalue weighted by Crippen LogP contribution is -2.46. The Labute approximate surface area is 124 Å². The average molecular weight is 307 g/mol. The van der Waals surface area contributed by atoms with Crippen LogP contribution in [0, 0.1) is 11.3 Å². The molecule has 0 saturated carbocycles. The van der Waals surface area contributed by atoms with Crippen molar-refractivity contribution in [1.82, 2.24) is 10.6 Å². The lowest BCUT2D eigenvalue weighted by molar-refractivity contribution is -0.122. The molecule has 21 heavy (non-hydrogen) atoms. The maximum Gasteiger partial charge on any atom is 0.220 e. The molecule has 0 aliphatic carbocycles. The van der Waals surface area contributed by atoms with E-state index in [-0.39, 0.29) is 22.6 Å². The molecule has 2 rings (SSSR count). The van der Waals surface area contributed by atoms with Gasteiger partial charge in [-0.15, -0.1) is 0 Å². The van der Waals surface area contributed by atoms with E-state index >= 15 is 0 Å². The van der Waals surface area contributed by atoms with Crippen LogP contribution in [0.25, 0.3) is 0 Å². The Bertz CT molecular complexity index is 637. The normalized spacial score (nSPS) is 18.8. The van der Waals surface area contributed by atoms with Crippen LogP contribution in [0.2, 0.25) is 0 Å². The fourth-order valence-corrected chi connectivity index (χ4v) is 3.33. The van der Waals surface area contributed by atoms with Crippen LogP contribution >= 0.6 is 0 Å². The number of hydrogen-bond donors (Lipinski definition) is 2. The number of carbonyl (C=O) groups excluding carboxylic acids is 1. The van der Waals surface area contributed by atoms with Crippen LogP contribution in [-0.4, -0.2) is 39.2 Å². The molecule has 0 spiro atoms. The van der Waals surface area contributed by atoms with Gasteiger partial charge in [-0.1, -0.05) is 0 Å². The molecule has 1 aromatic rings. The summed E-state index contributed by atoms with van der Waals surface area (Å²) in [6.07, 6.45) is 1.20. The van der Waals surface area contributed by atoms with Crippen LogP contribution < -0.4 is 10.6 Å². The highest BCUT2D eigenvalue weighted by Crippen LogP contribution is 2.12. The summed E-state index contributed by atoms with van der Waals surface area (Å²) < 4.78 is 24.3. The predicted octanol–water partition coefficient (Wildman–Crippen LogP) is 0.200. The van der Waals surface area contributed by atoms with E-state index in [0.29, 0.717) is 25.1 Å². The van der Waals surface area contributed by atoms with Gasteiger partial charge in [-0.25, -0.2) is 8.42 Å². The molecular weight excluding hydrogens is 290 g/mol. The lowest BCUT2D eigenvalue weighted by Gasteiger charge is -2.23. The number of benzene rings is 1. The molecule has 112 valence electrons. The first-order valence-electron chi connectivity index (χ1n) is 6.74. The van der Waals surface area contributed by atoms with E-state index in [1.807, 2.05) is 6.07 Å². The van der Waals surface area contributed by atoms with Gasteiger partial charge >= 0.3 is 0 Å². The summed E-state index contributed by atoms with van der Waals surface area (Å²) in [6.45, 7) is 0.874. The lowest BCUT2D eigenvalue weighted by atomic mass is 10.1. The molecule has 1 saturated heterocycles. The van der Waals surface area contributed by atoms with Gasteiger partial charge < -0.3 is 10.6 Å². The number of nitriles is 1. The second-order valence-corrected chi connectivity index (χ2v) is 7.06. The van der Waals surface area contributed by atoms with E-state index in [0.717, 1.165) is 6.42 Å². The highest BCUT2D eigenvalue weighted by Gasteiger charge is 2.19. The van der Waals surface area contributed by atoms with E-state index in [4.69, 9.17) is 5.26 Å². The van der Waals surface area contributed by atoms with Crippen molar-refractivity contribution in [2.75, 3.05) is 18.8 Å². The number of sulfone groups is 1. The maximum atomic E-state index is 12.1. The summed E-state index contributed by atoms with van der Waals surface area (Å²) in [5, 5.41) is 14.6. The van der Waals surface area contributed by atoms with Gasteiger partial charge in [0.05, 0.1) is 22.3 Å². The first-order valence-corrected chi connectivity index (χ1v) is 8.39. The molecule has 1 unspecified atom stereocenters. The van der Waals surface area contributed by atoms with Gasteiger partial charge in [-0.05, 0) is 30.7 Å². The topological polar surface area (TPSA) is 99.1 Å². The van der Waals surface area contributed by atoms with Crippen molar-refractivity contribution in [2.45, 2.75) is 23.8 Å². The Hall–Kier alpha value is -1.91. The molecule has 1 amide bonds. The van der Waals surface area contributed by atoms with E-state index < -0.39 is 9.84 Å². The predicted molar refractivity (Wildman–Crippen MR) is 77.2 cm³/mol. The third-order valence-electron chi connectivity index (χ3n) is 3.41. The van der Waals surface area contributed by atoms with Crippen molar-refractivity contribution in [3.05, 3.63) is 29.8 Å². The molecule has 1 aromatic carbocycles. The van der Waals surface area contributed by atoms with Crippen LogP contribution in [0.4, 0.5) is 0 Å². The van der Waals surface area contributed by atoms with Crippen molar-refractivity contribution in [3.8, 4) is 6.07 Å². The van der Waals surface area contributed by atoms with E-state index in [1.165, 1.54) is 24.3 Å². The quantitative estimate of drug-likeness (QED) is 0.809. The third kappa shape index (κ3) is 4.28. The number of rotatable bonds is 5. The molecule has 1 heterocycles. The minimum absolute atomic E-state index is 0.0106. The summed E-state index contributed by atoms with van der Waals surface area (Å²) in [4.78, 5) is 11.2. The van der Waals surface area contributed by atoms with Gasteiger partial charge in [0.15, 0.2) is 9.84 Å². The van der Waals surface area contributed by atoms with Crippen LogP contribution in [0.1, 0.15) is 18.4 Å². The fraction of sp³-hybridized carbons (Fsp3) is 0.429. The number of hydrogen-bond acceptors (Lipinski definition) is 5. The van der Waals surface area contributed by atoms with Crippen molar-refractivity contribution in [1.29, 1.82) is 5.26 Å². The van der Waals surface area contributed by atoms with Gasteiger partial charge in [0.1, 0.15) is 0 Å². The van der Waals surface area contributed by atoms with E-state index in [2.05, 4.69) is 10.6 Å². The van der Waals surface area contributed by atoms with Crippen molar-refractivity contribution >= 4 is 15.7 Å². The number of carbonyl (C=O) groups is 1. The Morgan fingerprint density at radius 2 is 2.05 bits per heavy atom. The molecule has 1 aliphatic heterocycles. The second kappa shape index (κ2) is 6.70. The van der Waals surface area contributed by atoms with Crippen molar-refractivity contribution in [3.63, 3.8) is 0 Å². The Kier molecular flexibility index (Phi) is 4.94. The van der Waals surface area contributed by atoms with Crippen LogP contribution in [0.3, 0.4) is 0 Å². The number of amides is 1. The highest BCUT2D eigenvalue weighted by molar-refractivity contribution is 7.91. The summed E-state index contributed by atoms with van der Waals surface area (Å²) in [7, 11) is -3.36. The molecule has 2 N–H and O–H groups in total. The van der Waals surface area contributed by atoms with Crippen molar-refractivity contribution in [2.24, 2.45) is 0 Å². The summed E-state index contributed by atoms with van der Waals surface area (Å²) in [5.41, 5.74) is 0.435. The van der Waals surface area contributed by atoms with Gasteiger partial charge in [0.25, 0.3) is 0 Å². The molecule has 6 nitrogen and oxygen atoms in total. The minimum Gasteiger partial charge on any atom is -0.355 e. The molecule has 0 bridgehead atoms. The average Bonchev–Trinajstić information content (AvgIpc) is 2.49. The molecular formula is C14H17N3O3S. The standard InChI is InChI=1S/C14H17N3O3S/c15-9-11-1-4-13(5-2-11)21(19,20)8-7-16-12-3-6-14(18)17-10-12/h1-2,4-5,12,16H,3,6-8,10H2,(H,17,18). The molecule has 0 radical (unpaired) electrons. The first kappa shape index (κ1) is 15.5. The smallest absolute Gasteiger partial charge is 0.220 e. The van der Waals surface area contributed by atoms with Gasteiger partial charge in [0, 0.05) is 25.6 Å². The van der Waals surface area contributed by atoms with Crippen LogP contribution in [-0.2, 0) is 14.6 Å². The van der Waals surface area contributed by atoms with Gasteiger partial charge in [0.2, 0.25) is 5.91 Å². The first-order chi connectivity index (χ1) is 10.0. The zero-order chi connectivity index (χ0) is 15.3. The fourth-order valence-electron chi connectivity index (χ4n) is 2.16. The van der Waals surface area contributed by atoms with E-state index in [1.54, 1.807) is 0 Å². The monoisotopic (exact) mass is 307 g/mol. The zero-order valence-electron chi connectivity index (χ0n) is 11.5. The molecule has 1 fully saturated rings. The van der Waals surface area contributed by atoms with Crippen LogP contribution in [0.5, 0.6) is 0 Å². The largest absolute Gasteiger partial charge is 0.355 e. The minimum atomic E-state index is -3.36. The van der Waals surface area contributed by atoms with Crippen LogP contribution in [0.15, 0.2) is 29.2 Å². The number of piperidine rings is 1. The SMILES string of the molecule is N#Cc1ccc(S(=O)(=O)CCNC2CCC(=O)NC2)cc1. The van der Waals surface area contributed by atoms with Gasteiger partial charge in [-0.2, -0.15) is 5.26 Å². The van der Waals surface area contributed by atoms with Gasteiger partial charge in [-0.3, -0.25) is 4.79 Å². The Morgan fingerprint density at radius 3 is 2.62 bits per heavy atom.